The maximum absolute atomic E-state index is 5.95. The van der Waals surface area contributed by atoms with E-state index in [1.165, 1.54) is 0 Å². The Morgan fingerprint density at radius 1 is 1.37 bits per heavy atom. The van der Waals surface area contributed by atoms with Crippen LogP contribution >= 0.6 is 0 Å². The number of nitrogens with zero attached hydrogens (tertiary/aromatic N) is 3. The largest absolute Gasteiger partial charge is 0.378 e. The molecule has 0 bridgehead atoms. The lowest BCUT2D eigenvalue weighted by molar-refractivity contribution is 0.122. The van der Waals surface area contributed by atoms with E-state index in [1.807, 2.05) is 19.9 Å². The Kier molecular flexibility index (Phi) is 4.55. The summed E-state index contributed by atoms with van der Waals surface area (Å²) in [4.78, 5) is 10.8. The summed E-state index contributed by atoms with van der Waals surface area (Å²) in [5.41, 5.74) is 5.79. The first-order chi connectivity index (χ1) is 9.04. The fourth-order valence-electron chi connectivity index (χ4n) is 1.92. The average molecular weight is 265 g/mol. The van der Waals surface area contributed by atoms with E-state index < -0.39 is 0 Å². The van der Waals surface area contributed by atoms with Gasteiger partial charge in [-0.05, 0) is 20.3 Å². The van der Waals surface area contributed by atoms with Gasteiger partial charge in [-0.1, -0.05) is 0 Å². The molecular weight excluding hydrogens is 242 g/mol. The van der Waals surface area contributed by atoms with Crippen molar-refractivity contribution in [3.63, 3.8) is 0 Å². The van der Waals surface area contributed by atoms with Crippen LogP contribution in [0.1, 0.15) is 20.3 Å². The van der Waals surface area contributed by atoms with Gasteiger partial charge < -0.3 is 20.7 Å². The molecule has 6 nitrogen and oxygen atoms in total. The molecule has 0 spiro atoms. The van der Waals surface area contributed by atoms with Crippen LogP contribution in [0.4, 0.5) is 11.6 Å². The lowest BCUT2D eigenvalue weighted by atomic mass is 10.0. The summed E-state index contributed by atoms with van der Waals surface area (Å²) >= 11 is 0. The van der Waals surface area contributed by atoms with Crippen molar-refractivity contribution < 1.29 is 4.74 Å². The Labute approximate surface area is 114 Å². The number of rotatable bonds is 5. The fraction of sp³-hybridized carbons (Fsp3) is 0.692. The first-order valence-electron chi connectivity index (χ1n) is 6.72. The first-order valence-corrected chi connectivity index (χ1v) is 6.72. The van der Waals surface area contributed by atoms with Crippen LogP contribution in [0.2, 0.25) is 0 Å². The zero-order valence-electron chi connectivity index (χ0n) is 11.7. The molecule has 2 heterocycles. The molecule has 2 rings (SSSR count). The van der Waals surface area contributed by atoms with Crippen molar-refractivity contribution >= 4 is 11.6 Å². The van der Waals surface area contributed by atoms with Crippen molar-refractivity contribution in [2.24, 2.45) is 5.73 Å². The van der Waals surface area contributed by atoms with E-state index in [4.69, 9.17) is 10.5 Å². The predicted octanol–water partition coefficient (Wildman–Crippen LogP) is 0.853. The number of hydrogen-bond acceptors (Lipinski definition) is 6. The highest BCUT2D eigenvalue weighted by Crippen LogP contribution is 2.15. The molecule has 0 saturated carbocycles. The van der Waals surface area contributed by atoms with Gasteiger partial charge in [0.1, 0.15) is 18.0 Å². The van der Waals surface area contributed by atoms with Crippen LogP contribution in [0.3, 0.4) is 0 Å². The highest BCUT2D eigenvalue weighted by atomic mass is 16.5. The Hall–Kier alpha value is -1.40. The van der Waals surface area contributed by atoms with E-state index in [0.29, 0.717) is 0 Å². The predicted molar refractivity (Wildman–Crippen MR) is 76.4 cm³/mol. The molecule has 106 valence electrons. The van der Waals surface area contributed by atoms with Crippen LogP contribution in [-0.2, 0) is 4.74 Å². The molecule has 0 amide bonds. The SMILES string of the molecule is CC(C)(N)CCNc1cc(N2CCOCC2)ncn1. The second-order valence-corrected chi connectivity index (χ2v) is 5.53. The second kappa shape index (κ2) is 6.16. The topological polar surface area (TPSA) is 76.3 Å². The fourth-order valence-corrected chi connectivity index (χ4v) is 1.92. The lowest BCUT2D eigenvalue weighted by Gasteiger charge is -2.27. The number of ether oxygens (including phenoxy) is 1. The first kappa shape index (κ1) is 14.0. The van der Waals surface area contributed by atoms with E-state index >= 15 is 0 Å². The molecule has 19 heavy (non-hydrogen) atoms. The minimum Gasteiger partial charge on any atom is -0.378 e. The Bertz CT molecular complexity index is 398. The van der Waals surface area contributed by atoms with E-state index in [0.717, 1.165) is 50.9 Å². The molecule has 3 N–H and O–H groups in total. The highest BCUT2D eigenvalue weighted by Gasteiger charge is 2.13. The molecule has 0 aromatic carbocycles. The standard InChI is InChI=1S/C13H23N5O/c1-13(2,14)3-4-15-11-9-12(17-10-16-11)18-5-7-19-8-6-18/h9-10H,3-8,14H2,1-2H3,(H,15,16,17). The van der Waals surface area contributed by atoms with Gasteiger partial charge in [0.05, 0.1) is 13.2 Å². The third-order valence-corrected chi connectivity index (χ3v) is 3.06. The molecule has 1 aromatic heterocycles. The van der Waals surface area contributed by atoms with Crippen molar-refractivity contribution in [2.75, 3.05) is 43.1 Å². The third kappa shape index (κ3) is 4.65. The Balaban J connectivity index is 1.91. The molecule has 0 radical (unpaired) electrons. The summed E-state index contributed by atoms with van der Waals surface area (Å²) in [5.74, 6) is 1.80. The van der Waals surface area contributed by atoms with E-state index in [1.54, 1.807) is 6.33 Å². The molecule has 0 aliphatic carbocycles. The molecule has 1 saturated heterocycles. The third-order valence-electron chi connectivity index (χ3n) is 3.06. The number of morpholine rings is 1. The van der Waals surface area contributed by atoms with Gasteiger partial charge >= 0.3 is 0 Å². The van der Waals surface area contributed by atoms with Gasteiger partial charge in [-0.3, -0.25) is 0 Å². The zero-order chi connectivity index (χ0) is 13.7. The summed E-state index contributed by atoms with van der Waals surface area (Å²) in [6, 6.07) is 1.98. The molecule has 6 heteroatoms. The number of anilines is 2. The van der Waals surface area contributed by atoms with Gasteiger partial charge in [0.15, 0.2) is 0 Å². The maximum Gasteiger partial charge on any atom is 0.134 e. The van der Waals surface area contributed by atoms with Gasteiger partial charge in [0.25, 0.3) is 0 Å². The molecule has 1 aromatic rings. The van der Waals surface area contributed by atoms with E-state index in [-0.39, 0.29) is 5.54 Å². The minimum atomic E-state index is -0.160. The minimum absolute atomic E-state index is 0.160. The number of nitrogens with two attached hydrogens (primary N) is 1. The molecular formula is C13H23N5O. The Morgan fingerprint density at radius 3 is 2.79 bits per heavy atom. The average Bonchev–Trinajstić information content (AvgIpc) is 2.39. The van der Waals surface area contributed by atoms with Crippen molar-refractivity contribution in [3.05, 3.63) is 12.4 Å². The monoisotopic (exact) mass is 265 g/mol. The van der Waals surface area contributed by atoms with Crippen LogP contribution in [0.5, 0.6) is 0 Å². The van der Waals surface area contributed by atoms with E-state index in [2.05, 4.69) is 20.2 Å². The van der Waals surface area contributed by atoms with E-state index in [9.17, 15) is 0 Å². The summed E-state index contributed by atoms with van der Waals surface area (Å²) in [6.07, 6.45) is 2.49. The number of hydrogen-bond donors (Lipinski definition) is 2. The zero-order valence-corrected chi connectivity index (χ0v) is 11.7. The van der Waals surface area contributed by atoms with Crippen molar-refractivity contribution in [1.29, 1.82) is 0 Å². The highest BCUT2D eigenvalue weighted by molar-refractivity contribution is 5.48. The molecule has 1 aliphatic heterocycles. The van der Waals surface area contributed by atoms with Crippen molar-refractivity contribution in [3.8, 4) is 0 Å². The van der Waals surface area contributed by atoms with Crippen LogP contribution in [0.15, 0.2) is 12.4 Å². The lowest BCUT2D eigenvalue weighted by Crippen LogP contribution is -2.36. The summed E-state index contributed by atoms with van der Waals surface area (Å²) < 4.78 is 5.34. The number of nitrogens with one attached hydrogen (secondary N) is 1. The maximum atomic E-state index is 5.95. The molecule has 1 fully saturated rings. The van der Waals surface area contributed by atoms with Crippen LogP contribution in [0.25, 0.3) is 0 Å². The summed E-state index contributed by atoms with van der Waals surface area (Å²) in [6.45, 7) is 8.13. The van der Waals surface area contributed by atoms with Crippen molar-refractivity contribution in [1.82, 2.24) is 9.97 Å². The molecule has 1 aliphatic rings. The molecule has 0 unspecified atom stereocenters. The quantitative estimate of drug-likeness (QED) is 0.822. The van der Waals surface area contributed by atoms with Crippen molar-refractivity contribution in [2.45, 2.75) is 25.8 Å². The van der Waals surface area contributed by atoms with Gasteiger partial charge in [0.2, 0.25) is 0 Å². The van der Waals surface area contributed by atoms with Crippen LogP contribution < -0.4 is 16.0 Å². The Morgan fingerprint density at radius 2 is 2.11 bits per heavy atom. The normalized spacial score (nSPS) is 16.5. The van der Waals surface area contributed by atoms with Crippen LogP contribution in [0, 0.1) is 0 Å². The van der Waals surface area contributed by atoms with Gasteiger partial charge in [-0.15, -0.1) is 0 Å². The van der Waals surface area contributed by atoms with Gasteiger partial charge in [-0.25, -0.2) is 9.97 Å². The summed E-state index contributed by atoms with van der Waals surface area (Å²) in [5, 5.41) is 3.29. The van der Waals surface area contributed by atoms with Gasteiger partial charge in [0, 0.05) is 31.2 Å². The number of aromatic nitrogens is 2. The smallest absolute Gasteiger partial charge is 0.134 e. The summed E-state index contributed by atoms with van der Waals surface area (Å²) in [7, 11) is 0. The van der Waals surface area contributed by atoms with Gasteiger partial charge in [-0.2, -0.15) is 0 Å². The molecule has 0 atom stereocenters. The second-order valence-electron chi connectivity index (χ2n) is 5.53. The van der Waals surface area contributed by atoms with Crippen LogP contribution in [-0.4, -0.2) is 48.4 Å².